The van der Waals surface area contributed by atoms with E-state index >= 15 is 0 Å². The molecule has 0 aromatic heterocycles. The number of carboxylic acids is 1. The van der Waals surface area contributed by atoms with Crippen molar-refractivity contribution < 1.29 is 19.8 Å². The Morgan fingerprint density at radius 2 is 1.79 bits per heavy atom. The number of carboxylic acid groups (broad SMARTS) is 1. The molecular weight excluding hydrogens is 184 g/mol. The quantitative estimate of drug-likeness (QED) is 0.679. The van der Waals surface area contributed by atoms with Crippen LogP contribution in [0.4, 0.5) is 0 Å². The van der Waals surface area contributed by atoms with Crippen LogP contribution in [-0.4, -0.2) is 27.6 Å². The highest BCUT2D eigenvalue weighted by atomic mass is 16.4. The van der Waals surface area contributed by atoms with E-state index < -0.39 is 18.0 Å². The van der Waals surface area contributed by atoms with Crippen molar-refractivity contribution in [1.82, 2.24) is 0 Å². The second kappa shape index (κ2) is 5.10. The van der Waals surface area contributed by atoms with Crippen LogP contribution in [-0.2, 0) is 9.59 Å². The van der Waals surface area contributed by atoms with Crippen LogP contribution in [0, 0.1) is 5.92 Å². The molecular formula is C10H18O4. The standard InChI is InChI=1S/C10H18O4/c1-7(2)4-8(11)5-10(3,14)6-9(12)13/h7,14H,4-6H2,1-3H3,(H,12,13)/t10-/m1/s1. The lowest BCUT2D eigenvalue weighted by Crippen LogP contribution is -2.31. The summed E-state index contributed by atoms with van der Waals surface area (Å²) >= 11 is 0. The van der Waals surface area contributed by atoms with E-state index in [1.807, 2.05) is 13.8 Å². The van der Waals surface area contributed by atoms with Crippen LogP contribution in [0.25, 0.3) is 0 Å². The summed E-state index contributed by atoms with van der Waals surface area (Å²) in [6, 6.07) is 0. The van der Waals surface area contributed by atoms with Crippen LogP contribution < -0.4 is 0 Å². The molecule has 0 aromatic carbocycles. The first kappa shape index (κ1) is 13.1. The number of ketones is 1. The summed E-state index contributed by atoms with van der Waals surface area (Å²) in [6.45, 7) is 5.19. The molecule has 14 heavy (non-hydrogen) atoms. The van der Waals surface area contributed by atoms with E-state index in [2.05, 4.69) is 0 Å². The fourth-order valence-electron chi connectivity index (χ4n) is 1.34. The van der Waals surface area contributed by atoms with Crippen molar-refractivity contribution >= 4 is 11.8 Å². The van der Waals surface area contributed by atoms with Gasteiger partial charge in [0, 0.05) is 12.8 Å². The minimum atomic E-state index is -1.42. The molecule has 0 amide bonds. The number of rotatable bonds is 6. The molecule has 0 bridgehead atoms. The van der Waals surface area contributed by atoms with Gasteiger partial charge in [0.15, 0.2) is 0 Å². The molecule has 0 saturated carbocycles. The van der Waals surface area contributed by atoms with Crippen molar-refractivity contribution in [3.8, 4) is 0 Å². The lowest BCUT2D eigenvalue weighted by molar-refractivity contribution is -0.143. The molecule has 0 aliphatic carbocycles. The van der Waals surface area contributed by atoms with Crippen molar-refractivity contribution in [2.24, 2.45) is 5.92 Å². The zero-order valence-electron chi connectivity index (χ0n) is 8.91. The minimum Gasteiger partial charge on any atom is -0.481 e. The van der Waals surface area contributed by atoms with E-state index in [9.17, 15) is 14.7 Å². The maximum Gasteiger partial charge on any atom is 0.306 e. The van der Waals surface area contributed by atoms with E-state index in [0.29, 0.717) is 6.42 Å². The van der Waals surface area contributed by atoms with Crippen LogP contribution >= 0.6 is 0 Å². The van der Waals surface area contributed by atoms with Crippen molar-refractivity contribution in [1.29, 1.82) is 0 Å². The lowest BCUT2D eigenvalue weighted by Gasteiger charge is -2.20. The van der Waals surface area contributed by atoms with Crippen LogP contribution in [0.1, 0.15) is 40.0 Å². The number of aliphatic hydroxyl groups is 1. The molecule has 0 fully saturated rings. The summed E-state index contributed by atoms with van der Waals surface area (Å²) in [5.74, 6) is -0.943. The molecule has 0 radical (unpaired) electrons. The second-order valence-corrected chi connectivity index (χ2v) is 4.38. The molecule has 0 aromatic rings. The van der Waals surface area contributed by atoms with E-state index in [1.165, 1.54) is 6.92 Å². The number of carbonyl (C=O) groups is 2. The first-order valence-electron chi connectivity index (χ1n) is 4.69. The molecule has 0 spiro atoms. The van der Waals surface area contributed by atoms with Gasteiger partial charge in [-0.15, -0.1) is 0 Å². The highest BCUT2D eigenvalue weighted by Crippen LogP contribution is 2.17. The highest BCUT2D eigenvalue weighted by Gasteiger charge is 2.27. The minimum absolute atomic E-state index is 0.0858. The molecule has 0 rings (SSSR count). The molecule has 0 aliphatic heterocycles. The topological polar surface area (TPSA) is 74.6 Å². The SMILES string of the molecule is CC(C)CC(=O)C[C@@](C)(O)CC(=O)O. The van der Waals surface area contributed by atoms with E-state index in [-0.39, 0.29) is 18.1 Å². The maximum atomic E-state index is 11.3. The van der Waals surface area contributed by atoms with Crippen LogP contribution in [0.5, 0.6) is 0 Å². The molecule has 0 aliphatic rings. The summed E-state index contributed by atoms with van der Waals surface area (Å²) in [6.07, 6.45) is -0.0932. The Bertz CT molecular complexity index is 218. The largest absolute Gasteiger partial charge is 0.481 e. The number of hydrogen-bond acceptors (Lipinski definition) is 3. The molecule has 82 valence electrons. The van der Waals surface area contributed by atoms with Gasteiger partial charge in [-0.25, -0.2) is 0 Å². The van der Waals surface area contributed by atoms with Gasteiger partial charge in [-0.1, -0.05) is 13.8 Å². The third-order valence-electron chi connectivity index (χ3n) is 1.75. The fourth-order valence-corrected chi connectivity index (χ4v) is 1.34. The van der Waals surface area contributed by atoms with Gasteiger partial charge in [0.25, 0.3) is 0 Å². The van der Waals surface area contributed by atoms with Gasteiger partial charge in [-0.2, -0.15) is 0 Å². The molecule has 0 heterocycles. The van der Waals surface area contributed by atoms with Crippen LogP contribution in [0.2, 0.25) is 0 Å². The van der Waals surface area contributed by atoms with Crippen LogP contribution in [0.15, 0.2) is 0 Å². The van der Waals surface area contributed by atoms with Crippen molar-refractivity contribution in [3.63, 3.8) is 0 Å². The van der Waals surface area contributed by atoms with Gasteiger partial charge < -0.3 is 10.2 Å². The second-order valence-electron chi connectivity index (χ2n) is 4.38. The Labute approximate surface area is 83.9 Å². The Morgan fingerprint density at radius 1 is 1.29 bits per heavy atom. The Hall–Kier alpha value is -0.900. The maximum absolute atomic E-state index is 11.3. The van der Waals surface area contributed by atoms with Gasteiger partial charge in [0.2, 0.25) is 0 Å². The molecule has 0 saturated heterocycles. The third kappa shape index (κ3) is 6.60. The summed E-state index contributed by atoms with van der Waals surface area (Å²) < 4.78 is 0. The molecule has 4 nitrogen and oxygen atoms in total. The number of Topliss-reactive ketones (excluding diaryl/α,β-unsaturated/α-hetero) is 1. The Balaban J connectivity index is 4.08. The molecule has 4 heteroatoms. The smallest absolute Gasteiger partial charge is 0.306 e. The number of carbonyl (C=O) groups excluding carboxylic acids is 1. The first-order valence-corrected chi connectivity index (χ1v) is 4.69. The summed E-state index contributed by atoms with van der Waals surface area (Å²) in [5.41, 5.74) is -1.42. The van der Waals surface area contributed by atoms with Crippen molar-refractivity contribution in [2.45, 2.75) is 45.6 Å². The lowest BCUT2D eigenvalue weighted by atomic mass is 9.92. The van der Waals surface area contributed by atoms with Gasteiger partial charge in [0.1, 0.15) is 5.78 Å². The van der Waals surface area contributed by atoms with Gasteiger partial charge in [0.05, 0.1) is 12.0 Å². The van der Waals surface area contributed by atoms with Crippen molar-refractivity contribution in [3.05, 3.63) is 0 Å². The summed E-state index contributed by atoms with van der Waals surface area (Å²) in [5, 5.41) is 18.0. The first-order chi connectivity index (χ1) is 6.23. The molecule has 1 atom stereocenters. The molecule has 0 unspecified atom stereocenters. The predicted molar refractivity (Wildman–Crippen MR) is 52.0 cm³/mol. The van der Waals surface area contributed by atoms with Gasteiger partial charge in [-0.05, 0) is 12.8 Å². The Kier molecular flexibility index (Phi) is 4.77. The summed E-state index contributed by atoms with van der Waals surface area (Å²) in [4.78, 5) is 21.6. The average molecular weight is 202 g/mol. The average Bonchev–Trinajstić information content (AvgIpc) is 1.77. The van der Waals surface area contributed by atoms with Gasteiger partial charge >= 0.3 is 5.97 Å². The van der Waals surface area contributed by atoms with E-state index in [0.717, 1.165) is 0 Å². The number of aliphatic carboxylic acids is 1. The predicted octanol–water partition coefficient (Wildman–Crippen LogP) is 1.22. The number of hydrogen-bond donors (Lipinski definition) is 2. The Morgan fingerprint density at radius 3 is 2.14 bits per heavy atom. The van der Waals surface area contributed by atoms with Gasteiger partial charge in [-0.3, -0.25) is 9.59 Å². The summed E-state index contributed by atoms with van der Waals surface area (Å²) in [7, 11) is 0. The monoisotopic (exact) mass is 202 g/mol. The normalized spacial score (nSPS) is 15.2. The van der Waals surface area contributed by atoms with E-state index in [1.54, 1.807) is 0 Å². The zero-order valence-corrected chi connectivity index (χ0v) is 8.91. The highest BCUT2D eigenvalue weighted by molar-refractivity contribution is 5.80. The fraction of sp³-hybridized carbons (Fsp3) is 0.800. The zero-order chi connectivity index (χ0) is 11.4. The van der Waals surface area contributed by atoms with Crippen LogP contribution in [0.3, 0.4) is 0 Å². The molecule has 2 N–H and O–H groups in total. The third-order valence-corrected chi connectivity index (χ3v) is 1.75. The van der Waals surface area contributed by atoms with Crippen molar-refractivity contribution in [2.75, 3.05) is 0 Å². The van der Waals surface area contributed by atoms with E-state index in [4.69, 9.17) is 5.11 Å².